The van der Waals surface area contributed by atoms with Gasteiger partial charge in [0, 0.05) is 45.8 Å². The molecule has 2 aliphatic heterocycles. The summed E-state index contributed by atoms with van der Waals surface area (Å²) in [5.74, 6) is 0.731. The Morgan fingerprint density at radius 2 is 1.86 bits per heavy atom. The van der Waals surface area contributed by atoms with Crippen LogP contribution in [-0.4, -0.2) is 71.3 Å². The standard InChI is InChI=1S/C21H27N5O2/c1-23-20(27)13-19(14-22-23)25-9-11-26(12-10-25)21(28)16-24-8-7-18(15-24)17-5-3-2-4-6-17/h2-6,13-14,18H,7-12,15-16H2,1H3. The van der Waals surface area contributed by atoms with E-state index in [0.717, 1.165) is 38.3 Å². The number of hydrogen-bond donors (Lipinski definition) is 0. The normalized spacial score (nSPS) is 20.5. The lowest BCUT2D eigenvalue weighted by Gasteiger charge is -2.36. The molecule has 148 valence electrons. The Bertz CT molecular complexity index is 874. The van der Waals surface area contributed by atoms with Gasteiger partial charge in [-0.3, -0.25) is 14.5 Å². The number of aryl methyl sites for hydroxylation is 1. The van der Waals surface area contributed by atoms with Crippen molar-refractivity contribution in [2.24, 2.45) is 7.05 Å². The Hall–Kier alpha value is -2.67. The molecule has 1 aromatic heterocycles. The van der Waals surface area contributed by atoms with Gasteiger partial charge in [-0.15, -0.1) is 0 Å². The zero-order valence-electron chi connectivity index (χ0n) is 16.3. The van der Waals surface area contributed by atoms with E-state index in [0.29, 0.717) is 25.6 Å². The Labute approximate surface area is 165 Å². The molecule has 2 fully saturated rings. The molecule has 4 rings (SSSR count). The predicted molar refractivity (Wildman–Crippen MR) is 109 cm³/mol. The van der Waals surface area contributed by atoms with Gasteiger partial charge in [0.25, 0.3) is 5.56 Å². The molecule has 0 N–H and O–H groups in total. The third-order valence-corrected chi connectivity index (χ3v) is 5.85. The van der Waals surface area contributed by atoms with E-state index in [-0.39, 0.29) is 11.5 Å². The third kappa shape index (κ3) is 4.09. The second-order valence-electron chi connectivity index (χ2n) is 7.67. The van der Waals surface area contributed by atoms with Crippen LogP contribution in [-0.2, 0) is 11.8 Å². The summed E-state index contributed by atoms with van der Waals surface area (Å²) < 4.78 is 1.32. The number of benzene rings is 1. The Morgan fingerprint density at radius 3 is 2.57 bits per heavy atom. The molecular formula is C21H27N5O2. The second-order valence-corrected chi connectivity index (χ2v) is 7.67. The Morgan fingerprint density at radius 1 is 1.11 bits per heavy atom. The van der Waals surface area contributed by atoms with Gasteiger partial charge in [0.05, 0.1) is 18.4 Å². The predicted octanol–water partition coefficient (Wildman–Crippen LogP) is 0.918. The molecule has 7 nitrogen and oxygen atoms in total. The molecule has 0 saturated carbocycles. The number of rotatable bonds is 4. The van der Waals surface area contributed by atoms with Gasteiger partial charge < -0.3 is 9.80 Å². The van der Waals surface area contributed by atoms with Crippen molar-refractivity contribution in [1.82, 2.24) is 19.6 Å². The highest BCUT2D eigenvalue weighted by atomic mass is 16.2. The van der Waals surface area contributed by atoms with Gasteiger partial charge in [-0.2, -0.15) is 5.10 Å². The molecule has 2 aromatic rings. The highest BCUT2D eigenvalue weighted by Gasteiger charge is 2.28. The molecule has 1 unspecified atom stereocenters. The summed E-state index contributed by atoms with van der Waals surface area (Å²) in [6, 6.07) is 12.2. The smallest absolute Gasteiger partial charge is 0.268 e. The Kier molecular flexibility index (Phi) is 5.43. The van der Waals surface area contributed by atoms with Crippen molar-refractivity contribution < 1.29 is 4.79 Å². The lowest BCUT2D eigenvalue weighted by Crippen LogP contribution is -2.51. The van der Waals surface area contributed by atoms with Crippen LogP contribution in [0.25, 0.3) is 0 Å². The van der Waals surface area contributed by atoms with E-state index < -0.39 is 0 Å². The highest BCUT2D eigenvalue weighted by molar-refractivity contribution is 5.78. The average Bonchev–Trinajstić information content (AvgIpc) is 3.19. The van der Waals surface area contributed by atoms with Gasteiger partial charge in [-0.1, -0.05) is 30.3 Å². The van der Waals surface area contributed by atoms with Crippen LogP contribution in [0.2, 0.25) is 0 Å². The first-order valence-corrected chi connectivity index (χ1v) is 9.93. The molecule has 1 atom stereocenters. The van der Waals surface area contributed by atoms with E-state index in [1.165, 1.54) is 10.2 Å². The van der Waals surface area contributed by atoms with Crippen LogP contribution in [0.4, 0.5) is 5.69 Å². The summed E-state index contributed by atoms with van der Waals surface area (Å²) in [4.78, 5) is 30.9. The molecule has 3 heterocycles. The van der Waals surface area contributed by atoms with Crippen LogP contribution < -0.4 is 10.5 Å². The maximum atomic E-state index is 12.7. The molecule has 1 amide bonds. The SMILES string of the molecule is Cn1ncc(N2CCN(C(=O)CN3CCC(c4ccccc4)C3)CC2)cc1=O. The maximum Gasteiger partial charge on any atom is 0.268 e. The maximum absolute atomic E-state index is 12.7. The number of aromatic nitrogens is 2. The van der Waals surface area contributed by atoms with Crippen LogP contribution in [0.5, 0.6) is 0 Å². The molecule has 1 aromatic carbocycles. The summed E-state index contributed by atoms with van der Waals surface area (Å²) in [6.07, 6.45) is 2.83. The number of piperazine rings is 1. The monoisotopic (exact) mass is 381 g/mol. The second kappa shape index (κ2) is 8.14. The van der Waals surface area contributed by atoms with Crippen molar-refractivity contribution in [3.05, 3.63) is 58.5 Å². The van der Waals surface area contributed by atoms with Crippen molar-refractivity contribution >= 4 is 11.6 Å². The summed E-state index contributed by atoms with van der Waals surface area (Å²) in [5, 5.41) is 4.08. The first kappa shape index (κ1) is 18.7. The minimum atomic E-state index is -0.113. The Balaban J connectivity index is 1.27. The molecule has 2 aliphatic rings. The van der Waals surface area contributed by atoms with Crippen LogP contribution >= 0.6 is 0 Å². The van der Waals surface area contributed by atoms with Gasteiger partial charge in [0.1, 0.15) is 0 Å². The summed E-state index contributed by atoms with van der Waals surface area (Å²) >= 11 is 0. The number of amides is 1. The highest BCUT2D eigenvalue weighted by Crippen LogP contribution is 2.26. The quantitative estimate of drug-likeness (QED) is 0.788. The van der Waals surface area contributed by atoms with Gasteiger partial charge in [-0.25, -0.2) is 4.68 Å². The van der Waals surface area contributed by atoms with E-state index >= 15 is 0 Å². The fourth-order valence-corrected chi connectivity index (χ4v) is 4.11. The first-order valence-electron chi connectivity index (χ1n) is 9.93. The number of carbonyl (C=O) groups excluding carboxylic acids is 1. The molecule has 7 heteroatoms. The number of anilines is 1. The number of nitrogens with zero attached hydrogens (tertiary/aromatic N) is 5. The van der Waals surface area contributed by atoms with E-state index in [1.54, 1.807) is 19.3 Å². The van der Waals surface area contributed by atoms with Crippen molar-refractivity contribution in [2.45, 2.75) is 12.3 Å². The van der Waals surface area contributed by atoms with Gasteiger partial charge in [0.2, 0.25) is 5.91 Å². The minimum Gasteiger partial charge on any atom is -0.367 e. The fraction of sp³-hybridized carbons (Fsp3) is 0.476. The molecule has 0 radical (unpaired) electrons. The zero-order valence-corrected chi connectivity index (χ0v) is 16.3. The summed E-state index contributed by atoms with van der Waals surface area (Å²) in [6.45, 7) is 5.25. The van der Waals surface area contributed by atoms with E-state index in [9.17, 15) is 9.59 Å². The number of hydrogen-bond acceptors (Lipinski definition) is 5. The topological polar surface area (TPSA) is 61.7 Å². The largest absolute Gasteiger partial charge is 0.367 e. The van der Waals surface area contributed by atoms with Crippen molar-refractivity contribution in [1.29, 1.82) is 0 Å². The molecule has 0 aliphatic carbocycles. The van der Waals surface area contributed by atoms with Crippen molar-refractivity contribution in [3.8, 4) is 0 Å². The van der Waals surface area contributed by atoms with Crippen LogP contribution in [0.15, 0.2) is 47.4 Å². The van der Waals surface area contributed by atoms with Gasteiger partial charge in [-0.05, 0) is 24.4 Å². The van der Waals surface area contributed by atoms with E-state index in [4.69, 9.17) is 0 Å². The van der Waals surface area contributed by atoms with Crippen LogP contribution in [0.3, 0.4) is 0 Å². The fourth-order valence-electron chi connectivity index (χ4n) is 4.11. The summed E-state index contributed by atoms with van der Waals surface area (Å²) in [7, 11) is 1.64. The first-order chi connectivity index (χ1) is 13.6. The average molecular weight is 381 g/mol. The van der Waals surface area contributed by atoms with Crippen molar-refractivity contribution in [2.75, 3.05) is 50.7 Å². The molecule has 2 saturated heterocycles. The van der Waals surface area contributed by atoms with E-state index in [2.05, 4.69) is 39.2 Å². The molecular weight excluding hydrogens is 354 g/mol. The lowest BCUT2D eigenvalue weighted by atomic mass is 9.99. The van der Waals surface area contributed by atoms with Crippen molar-refractivity contribution in [3.63, 3.8) is 0 Å². The van der Waals surface area contributed by atoms with E-state index in [1.807, 2.05) is 11.0 Å². The molecule has 0 spiro atoms. The van der Waals surface area contributed by atoms with Crippen LogP contribution in [0.1, 0.15) is 17.9 Å². The third-order valence-electron chi connectivity index (χ3n) is 5.85. The lowest BCUT2D eigenvalue weighted by molar-refractivity contribution is -0.132. The van der Waals surface area contributed by atoms with Crippen LogP contribution in [0, 0.1) is 0 Å². The summed E-state index contributed by atoms with van der Waals surface area (Å²) in [5.41, 5.74) is 2.09. The number of carbonyl (C=O) groups is 1. The molecule has 28 heavy (non-hydrogen) atoms. The zero-order chi connectivity index (χ0) is 19.5. The molecule has 0 bridgehead atoms. The van der Waals surface area contributed by atoms with Gasteiger partial charge >= 0.3 is 0 Å². The minimum absolute atomic E-state index is 0.113. The number of likely N-dealkylation sites (tertiary alicyclic amines) is 1. The van der Waals surface area contributed by atoms with Gasteiger partial charge in [0.15, 0.2) is 0 Å².